The Bertz CT molecular complexity index is 548. The van der Waals surface area contributed by atoms with Gasteiger partial charge in [0.25, 0.3) is 0 Å². The summed E-state index contributed by atoms with van der Waals surface area (Å²) < 4.78 is 2.04. The van der Waals surface area contributed by atoms with Crippen LogP contribution in [-0.4, -0.2) is 9.55 Å². The molecule has 0 saturated heterocycles. The highest BCUT2D eigenvalue weighted by Gasteiger charge is 2.15. The van der Waals surface area contributed by atoms with E-state index in [1.165, 1.54) is 0 Å². The smallest absolute Gasteiger partial charge is 0.113 e. The highest BCUT2D eigenvalue weighted by Crippen LogP contribution is 2.24. The van der Waals surface area contributed by atoms with E-state index < -0.39 is 0 Å². The van der Waals surface area contributed by atoms with Crippen molar-refractivity contribution < 1.29 is 0 Å². The molecular weight excluding hydrogens is 210 g/mol. The summed E-state index contributed by atoms with van der Waals surface area (Å²) in [6, 6.07) is 10.2. The average Bonchev–Trinajstić information content (AvgIpc) is 2.70. The molecule has 0 spiro atoms. The summed E-state index contributed by atoms with van der Waals surface area (Å²) in [7, 11) is 0. The van der Waals surface area contributed by atoms with E-state index in [-0.39, 0.29) is 0 Å². The fourth-order valence-corrected chi connectivity index (χ4v) is 2.27. The molecule has 0 amide bonds. The Morgan fingerprint density at radius 1 is 1.41 bits per heavy atom. The molecule has 0 saturated carbocycles. The van der Waals surface area contributed by atoms with Gasteiger partial charge >= 0.3 is 0 Å². The van der Waals surface area contributed by atoms with Gasteiger partial charge in [0, 0.05) is 5.92 Å². The Kier molecular flexibility index (Phi) is 3.43. The second kappa shape index (κ2) is 5.01. The number of hydrogen-bond donors (Lipinski definition) is 0. The summed E-state index contributed by atoms with van der Waals surface area (Å²) in [5.74, 6) is 1.44. The lowest BCUT2D eigenvalue weighted by Gasteiger charge is -2.11. The van der Waals surface area contributed by atoms with Crippen LogP contribution in [0.2, 0.25) is 0 Å². The maximum atomic E-state index is 8.94. The van der Waals surface area contributed by atoms with Gasteiger partial charge in [-0.2, -0.15) is 5.26 Å². The Morgan fingerprint density at radius 2 is 2.18 bits per heavy atom. The van der Waals surface area contributed by atoms with Crippen LogP contribution < -0.4 is 0 Å². The van der Waals surface area contributed by atoms with Gasteiger partial charge in [-0.1, -0.05) is 32.4 Å². The molecular formula is C14H17N3. The number of para-hydroxylation sites is 2. The van der Waals surface area contributed by atoms with Crippen LogP contribution >= 0.6 is 0 Å². The first-order valence-corrected chi connectivity index (χ1v) is 6.10. The van der Waals surface area contributed by atoms with Crippen molar-refractivity contribution in [3.63, 3.8) is 0 Å². The van der Waals surface area contributed by atoms with Gasteiger partial charge in [0.1, 0.15) is 12.4 Å². The van der Waals surface area contributed by atoms with Gasteiger partial charge in [-0.25, -0.2) is 4.98 Å². The SMILES string of the molecule is CCCC(C)c1nc2ccccc2n1CC#N. The number of fused-ring (bicyclic) bond motifs is 1. The van der Waals surface area contributed by atoms with Gasteiger partial charge in [-0.05, 0) is 18.6 Å². The summed E-state index contributed by atoms with van der Waals surface area (Å²) in [4.78, 5) is 4.66. The number of hydrogen-bond acceptors (Lipinski definition) is 2. The van der Waals surface area contributed by atoms with Crippen molar-refractivity contribution in [3.05, 3.63) is 30.1 Å². The van der Waals surface area contributed by atoms with Gasteiger partial charge < -0.3 is 4.57 Å². The Balaban J connectivity index is 2.54. The highest BCUT2D eigenvalue weighted by molar-refractivity contribution is 5.76. The predicted octanol–water partition coefficient (Wildman–Crippen LogP) is 3.46. The van der Waals surface area contributed by atoms with Crippen molar-refractivity contribution in [2.24, 2.45) is 0 Å². The molecule has 1 aromatic heterocycles. The maximum Gasteiger partial charge on any atom is 0.113 e. The van der Waals surface area contributed by atoms with Gasteiger partial charge in [0.2, 0.25) is 0 Å². The summed E-state index contributed by atoms with van der Waals surface area (Å²) in [6.45, 7) is 4.73. The van der Waals surface area contributed by atoms with Gasteiger partial charge in [-0.3, -0.25) is 0 Å². The minimum atomic E-state index is 0.379. The van der Waals surface area contributed by atoms with E-state index in [0.717, 1.165) is 29.7 Å². The van der Waals surface area contributed by atoms with Crippen LogP contribution in [0.5, 0.6) is 0 Å². The predicted molar refractivity (Wildman–Crippen MR) is 68.7 cm³/mol. The lowest BCUT2D eigenvalue weighted by atomic mass is 10.1. The van der Waals surface area contributed by atoms with E-state index in [0.29, 0.717) is 12.5 Å². The van der Waals surface area contributed by atoms with Crippen molar-refractivity contribution in [1.29, 1.82) is 5.26 Å². The van der Waals surface area contributed by atoms with Crippen molar-refractivity contribution in [2.75, 3.05) is 0 Å². The third-order valence-corrected chi connectivity index (χ3v) is 3.08. The Morgan fingerprint density at radius 3 is 2.88 bits per heavy atom. The molecule has 1 heterocycles. The molecule has 0 aliphatic rings. The summed E-state index contributed by atoms with van der Waals surface area (Å²) in [5.41, 5.74) is 2.05. The largest absolute Gasteiger partial charge is 0.314 e. The molecule has 1 unspecified atom stereocenters. The topological polar surface area (TPSA) is 41.6 Å². The Hall–Kier alpha value is -1.82. The van der Waals surface area contributed by atoms with Crippen LogP contribution in [0, 0.1) is 11.3 Å². The monoisotopic (exact) mass is 227 g/mol. The van der Waals surface area contributed by atoms with E-state index in [2.05, 4.69) is 24.9 Å². The van der Waals surface area contributed by atoms with Gasteiger partial charge in [-0.15, -0.1) is 0 Å². The van der Waals surface area contributed by atoms with Crippen LogP contribution in [0.1, 0.15) is 38.4 Å². The van der Waals surface area contributed by atoms with E-state index in [1.54, 1.807) is 0 Å². The number of nitriles is 1. The quantitative estimate of drug-likeness (QED) is 0.802. The van der Waals surface area contributed by atoms with Crippen LogP contribution in [0.25, 0.3) is 11.0 Å². The molecule has 1 atom stereocenters. The maximum absolute atomic E-state index is 8.94. The van der Waals surface area contributed by atoms with Gasteiger partial charge in [0.15, 0.2) is 0 Å². The molecule has 2 aromatic rings. The third kappa shape index (κ3) is 2.16. The third-order valence-electron chi connectivity index (χ3n) is 3.08. The normalized spacial score (nSPS) is 12.5. The molecule has 0 fully saturated rings. The van der Waals surface area contributed by atoms with E-state index >= 15 is 0 Å². The fraction of sp³-hybridized carbons (Fsp3) is 0.429. The average molecular weight is 227 g/mol. The Labute approximate surface area is 102 Å². The molecule has 88 valence electrons. The minimum absolute atomic E-state index is 0.379. The van der Waals surface area contributed by atoms with Crippen molar-refractivity contribution in [3.8, 4) is 6.07 Å². The van der Waals surface area contributed by atoms with Crippen molar-refractivity contribution in [1.82, 2.24) is 9.55 Å². The number of aromatic nitrogens is 2. The minimum Gasteiger partial charge on any atom is -0.314 e. The fourth-order valence-electron chi connectivity index (χ4n) is 2.27. The zero-order valence-corrected chi connectivity index (χ0v) is 10.3. The van der Waals surface area contributed by atoms with Crippen LogP contribution in [0.15, 0.2) is 24.3 Å². The first kappa shape index (κ1) is 11.7. The molecule has 0 N–H and O–H groups in total. The number of benzene rings is 1. The molecule has 2 rings (SSSR count). The van der Waals surface area contributed by atoms with Crippen LogP contribution in [0.4, 0.5) is 0 Å². The van der Waals surface area contributed by atoms with E-state index in [4.69, 9.17) is 5.26 Å². The number of nitrogens with zero attached hydrogens (tertiary/aromatic N) is 3. The lowest BCUT2D eigenvalue weighted by molar-refractivity contribution is 0.597. The first-order valence-electron chi connectivity index (χ1n) is 6.10. The molecule has 0 aliphatic heterocycles. The summed E-state index contributed by atoms with van der Waals surface area (Å²) >= 11 is 0. The van der Waals surface area contributed by atoms with Crippen molar-refractivity contribution in [2.45, 2.75) is 39.2 Å². The summed E-state index contributed by atoms with van der Waals surface area (Å²) in [5, 5.41) is 8.94. The van der Waals surface area contributed by atoms with Gasteiger partial charge in [0.05, 0.1) is 17.1 Å². The van der Waals surface area contributed by atoms with Crippen LogP contribution in [0.3, 0.4) is 0 Å². The molecule has 0 radical (unpaired) electrons. The standard InChI is InChI=1S/C14H17N3/c1-3-6-11(2)14-16-12-7-4-5-8-13(12)17(14)10-9-15/h4-5,7-8,11H,3,6,10H2,1-2H3. The zero-order valence-electron chi connectivity index (χ0n) is 10.3. The van der Waals surface area contributed by atoms with E-state index in [9.17, 15) is 0 Å². The molecule has 1 aromatic carbocycles. The lowest BCUT2D eigenvalue weighted by Crippen LogP contribution is -2.06. The van der Waals surface area contributed by atoms with Crippen LogP contribution in [-0.2, 0) is 6.54 Å². The second-order valence-electron chi connectivity index (χ2n) is 4.39. The molecule has 0 aliphatic carbocycles. The highest BCUT2D eigenvalue weighted by atomic mass is 15.1. The van der Waals surface area contributed by atoms with E-state index in [1.807, 2.05) is 28.8 Å². The number of imidazole rings is 1. The second-order valence-corrected chi connectivity index (χ2v) is 4.39. The molecule has 3 heteroatoms. The first-order chi connectivity index (χ1) is 8.27. The number of rotatable bonds is 4. The molecule has 17 heavy (non-hydrogen) atoms. The van der Waals surface area contributed by atoms with Crippen molar-refractivity contribution >= 4 is 11.0 Å². The summed E-state index contributed by atoms with van der Waals surface area (Å²) in [6.07, 6.45) is 2.24. The zero-order chi connectivity index (χ0) is 12.3. The molecule has 0 bridgehead atoms. The molecule has 3 nitrogen and oxygen atoms in total.